The molecule has 1 atom stereocenters. The summed E-state index contributed by atoms with van der Waals surface area (Å²) in [5.41, 5.74) is 1.10. The molecule has 0 aliphatic heterocycles. The number of nitrogens with zero attached hydrogens (tertiary/aromatic N) is 3. The Morgan fingerprint density at radius 3 is 2.10 bits per heavy atom. The van der Waals surface area contributed by atoms with Crippen LogP contribution in [0.3, 0.4) is 0 Å². The third kappa shape index (κ3) is 7.72. The van der Waals surface area contributed by atoms with Crippen LogP contribution >= 0.6 is 11.6 Å². The zero-order chi connectivity index (χ0) is 20.2. The normalized spacial score (nSPS) is 11.9. The maximum atomic E-state index is 6.74. The molecule has 0 amide bonds. The highest BCUT2D eigenvalue weighted by Crippen LogP contribution is 2.17. The first kappa shape index (κ1) is 21.1. The van der Waals surface area contributed by atoms with Crippen molar-refractivity contribution in [3.63, 3.8) is 0 Å². The van der Waals surface area contributed by atoms with E-state index in [1.54, 1.807) is 24.8 Å². The molecule has 152 valence electrons. The highest BCUT2D eigenvalue weighted by Gasteiger charge is 2.16. The lowest BCUT2D eigenvalue weighted by Gasteiger charge is -2.27. The van der Waals surface area contributed by atoms with Gasteiger partial charge in [-0.1, -0.05) is 30.3 Å². The minimum Gasteiger partial charge on any atom is -0.492 e. The molecular weight excluding hydrogens is 386 g/mol. The van der Waals surface area contributed by atoms with Crippen molar-refractivity contribution in [2.24, 2.45) is 0 Å². The molecule has 0 N–H and O–H groups in total. The van der Waals surface area contributed by atoms with Crippen LogP contribution in [0.25, 0.3) is 0 Å². The van der Waals surface area contributed by atoms with Gasteiger partial charge in [0.15, 0.2) is 0 Å². The van der Waals surface area contributed by atoms with Crippen LogP contribution in [0.2, 0.25) is 0 Å². The molecule has 0 radical (unpaired) electrons. The quantitative estimate of drug-likeness (QED) is 0.244. The van der Waals surface area contributed by atoms with Gasteiger partial charge in [0.2, 0.25) is 0 Å². The van der Waals surface area contributed by atoms with Crippen molar-refractivity contribution < 1.29 is 9.47 Å². The van der Waals surface area contributed by atoms with Gasteiger partial charge in [-0.15, -0.1) is 11.6 Å². The highest BCUT2D eigenvalue weighted by atomic mass is 35.5. The molecule has 6 heteroatoms. The Kier molecular flexibility index (Phi) is 8.76. The van der Waals surface area contributed by atoms with Gasteiger partial charge < -0.3 is 9.47 Å². The summed E-state index contributed by atoms with van der Waals surface area (Å²) in [6, 6.07) is 17.9. The van der Waals surface area contributed by atoms with E-state index in [2.05, 4.69) is 27.0 Å². The first-order valence-electron chi connectivity index (χ1n) is 9.79. The average molecular weight is 412 g/mol. The van der Waals surface area contributed by atoms with E-state index in [-0.39, 0.29) is 5.50 Å². The first-order valence-corrected chi connectivity index (χ1v) is 10.2. The van der Waals surface area contributed by atoms with Gasteiger partial charge in [-0.2, -0.15) is 0 Å². The third-order valence-corrected chi connectivity index (χ3v) is 4.87. The maximum absolute atomic E-state index is 6.74. The van der Waals surface area contributed by atoms with E-state index in [9.17, 15) is 0 Å². The second-order valence-electron chi connectivity index (χ2n) is 6.61. The summed E-state index contributed by atoms with van der Waals surface area (Å²) in [5.74, 6) is 1.55. The van der Waals surface area contributed by atoms with Crippen molar-refractivity contribution in [3.8, 4) is 11.5 Å². The number of pyridine rings is 2. The topological polar surface area (TPSA) is 47.5 Å². The molecule has 0 aliphatic rings. The molecular formula is C23H26ClN3O2. The zero-order valence-electron chi connectivity index (χ0n) is 16.4. The fraction of sp³-hybridized carbons (Fsp3) is 0.304. The molecule has 1 unspecified atom stereocenters. The van der Waals surface area contributed by atoms with Crippen LogP contribution in [0.15, 0.2) is 79.4 Å². The van der Waals surface area contributed by atoms with E-state index in [1.807, 2.05) is 42.5 Å². The van der Waals surface area contributed by atoms with E-state index < -0.39 is 0 Å². The van der Waals surface area contributed by atoms with Gasteiger partial charge in [0.25, 0.3) is 0 Å². The lowest BCUT2D eigenvalue weighted by Crippen LogP contribution is -2.33. The largest absolute Gasteiger partial charge is 0.492 e. The maximum Gasteiger partial charge on any atom is 0.137 e. The van der Waals surface area contributed by atoms with Crippen LogP contribution in [0.1, 0.15) is 18.4 Å². The van der Waals surface area contributed by atoms with Crippen LogP contribution in [-0.2, 0) is 6.54 Å². The number of hydrogen-bond donors (Lipinski definition) is 0. The molecule has 0 saturated carbocycles. The van der Waals surface area contributed by atoms with E-state index in [0.717, 1.165) is 31.0 Å². The minimum absolute atomic E-state index is 0.134. The number of alkyl halides is 1. The van der Waals surface area contributed by atoms with Gasteiger partial charge in [0, 0.05) is 31.9 Å². The second-order valence-corrected chi connectivity index (χ2v) is 7.11. The van der Waals surface area contributed by atoms with E-state index in [0.29, 0.717) is 19.6 Å². The Hall–Kier alpha value is -2.63. The summed E-state index contributed by atoms with van der Waals surface area (Å²) >= 11 is 6.74. The van der Waals surface area contributed by atoms with Crippen LogP contribution in [0, 0.1) is 0 Å². The fourth-order valence-electron chi connectivity index (χ4n) is 2.92. The van der Waals surface area contributed by atoms with E-state index in [4.69, 9.17) is 21.1 Å². The van der Waals surface area contributed by atoms with Crippen LogP contribution in [0.4, 0.5) is 0 Å². The van der Waals surface area contributed by atoms with E-state index in [1.165, 1.54) is 5.56 Å². The van der Waals surface area contributed by atoms with Crippen molar-refractivity contribution in [3.05, 3.63) is 84.9 Å². The Labute approximate surface area is 177 Å². The Balaban J connectivity index is 1.49. The number of rotatable bonds is 12. The van der Waals surface area contributed by atoms with Gasteiger partial charge in [-0.05, 0) is 36.2 Å². The fourth-order valence-corrected chi connectivity index (χ4v) is 3.17. The second kappa shape index (κ2) is 12.0. The number of aromatic nitrogens is 2. The lowest BCUT2D eigenvalue weighted by molar-refractivity contribution is 0.187. The number of hydrogen-bond acceptors (Lipinski definition) is 5. The Morgan fingerprint density at radius 2 is 1.48 bits per heavy atom. The summed E-state index contributed by atoms with van der Waals surface area (Å²) in [7, 11) is 0. The summed E-state index contributed by atoms with van der Waals surface area (Å²) in [6.45, 7) is 2.77. The van der Waals surface area contributed by atoms with Gasteiger partial charge in [-0.3, -0.25) is 14.9 Å². The van der Waals surface area contributed by atoms with Crippen molar-refractivity contribution in [2.75, 3.05) is 19.8 Å². The van der Waals surface area contributed by atoms with Gasteiger partial charge >= 0.3 is 0 Å². The molecule has 5 nitrogen and oxygen atoms in total. The van der Waals surface area contributed by atoms with E-state index >= 15 is 0 Å². The molecule has 3 rings (SSSR count). The standard InChI is InChI=1S/C23H26ClN3O2/c24-23(11-16-29-22-10-5-13-26-18-22)27(19-20-7-2-1-3-8-20)14-6-15-28-21-9-4-12-25-17-21/h1-5,7-10,12-13,17-18,23H,6,11,14-16,19H2. The molecule has 2 heterocycles. The average Bonchev–Trinajstić information content (AvgIpc) is 2.78. The smallest absolute Gasteiger partial charge is 0.137 e. The van der Waals surface area contributed by atoms with Gasteiger partial charge in [-0.25, -0.2) is 0 Å². The summed E-state index contributed by atoms with van der Waals surface area (Å²) in [6.07, 6.45) is 8.48. The number of ether oxygens (including phenoxy) is 2. The van der Waals surface area contributed by atoms with Crippen molar-refractivity contribution in [1.29, 1.82) is 0 Å². The summed E-state index contributed by atoms with van der Waals surface area (Å²) in [4.78, 5) is 10.4. The third-order valence-electron chi connectivity index (χ3n) is 4.38. The van der Waals surface area contributed by atoms with Crippen molar-refractivity contribution >= 4 is 11.6 Å². The summed E-state index contributed by atoms with van der Waals surface area (Å²) in [5, 5.41) is 0. The first-order chi connectivity index (χ1) is 14.3. The highest BCUT2D eigenvalue weighted by molar-refractivity contribution is 6.20. The Bertz CT molecular complexity index is 806. The summed E-state index contributed by atoms with van der Waals surface area (Å²) < 4.78 is 11.5. The van der Waals surface area contributed by atoms with Gasteiger partial charge in [0.1, 0.15) is 11.5 Å². The molecule has 0 bridgehead atoms. The van der Waals surface area contributed by atoms with Crippen molar-refractivity contribution in [2.45, 2.75) is 24.9 Å². The monoisotopic (exact) mass is 411 g/mol. The molecule has 29 heavy (non-hydrogen) atoms. The van der Waals surface area contributed by atoms with Crippen LogP contribution < -0.4 is 9.47 Å². The lowest BCUT2D eigenvalue weighted by atomic mass is 10.2. The molecule has 3 aromatic rings. The zero-order valence-corrected chi connectivity index (χ0v) is 17.1. The molecule has 0 fully saturated rings. The minimum atomic E-state index is -0.134. The molecule has 0 saturated heterocycles. The van der Waals surface area contributed by atoms with Gasteiger partial charge in [0.05, 0.1) is 31.1 Å². The molecule has 0 aliphatic carbocycles. The molecule has 1 aromatic carbocycles. The van der Waals surface area contributed by atoms with Crippen LogP contribution in [-0.4, -0.2) is 40.1 Å². The molecule has 2 aromatic heterocycles. The Morgan fingerprint density at radius 1 is 0.828 bits per heavy atom. The van der Waals surface area contributed by atoms with Crippen molar-refractivity contribution in [1.82, 2.24) is 14.9 Å². The molecule has 0 spiro atoms. The number of halogens is 1. The predicted molar refractivity (Wildman–Crippen MR) is 115 cm³/mol. The number of benzene rings is 1. The SMILES string of the molecule is ClC(CCOc1cccnc1)N(CCCOc1cccnc1)Cc1ccccc1. The van der Waals surface area contributed by atoms with Crippen LogP contribution in [0.5, 0.6) is 11.5 Å². The predicted octanol–water partition coefficient (Wildman–Crippen LogP) is 4.78.